The van der Waals surface area contributed by atoms with E-state index in [0.717, 1.165) is 17.4 Å². The van der Waals surface area contributed by atoms with E-state index in [0.29, 0.717) is 15.6 Å². The highest BCUT2D eigenvalue weighted by atomic mass is 79.9. The molecular weight excluding hydrogens is 327 g/mol. The van der Waals surface area contributed by atoms with Crippen LogP contribution in [0.3, 0.4) is 0 Å². The summed E-state index contributed by atoms with van der Waals surface area (Å²) < 4.78 is 13.9. The van der Waals surface area contributed by atoms with Gasteiger partial charge in [-0.15, -0.1) is 0 Å². The summed E-state index contributed by atoms with van der Waals surface area (Å²) in [5.74, 6) is 0.444. The van der Waals surface area contributed by atoms with Gasteiger partial charge < -0.3 is 5.32 Å². The molecule has 0 aliphatic carbocycles. The molecule has 0 saturated carbocycles. The lowest BCUT2D eigenvalue weighted by molar-refractivity contribution is 0.479. The Kier molecular flexibility index (Phi) is 5.28. The van der Waals surface area contributed by atoms with Gasteiger partial charge in [0, 0.05) is 10.9 Å². The molecule has 0 aromatic heterocycles. The molecule has 104 valence electrons. The van der Waals surface area contributed by atoms with Gasteiger partial charge in [-0.2, -0.15) is 0 Å². The first kappa shape index (κ1) is 14.9. The van der Waals surface area contributed by atoms with Crippen molar-refractivity contribution in [3.63, 3.8) is 0 Å². The highest BCUT2D eigenvalue weighted by molar-refractivity contribution is 9.10. The Morgan fingerprint density at radius 1 is 1.47 bits per heavy atom. The maximum Gasteiger partial charge on any atom is 0.161 e. The van der Waals surface area contributed by atoms with Crippen LogP contribution in [-0.4, -0.2) is 17.0 Å². The summed E-state index contributed by atoms with van der Waals surface area (Å²) in [6, 6.07) is 5.04. The second-order valence-electron chi connectivity index (χ2n) is 4.63. The smallest absolute Gasteiger partial charge is 0.161 e. The molecule has 0 radical (unpaired) electrons. The number of thioether (sulfide) groups is 1. The fraction of sp³-hybridized carbons (Fsp3) is 0.500. The second kappa shape index (κ2) is 6.75. The van der Waals surface area contributed by atoms with Gasteiger partial charge in [-0.05, 0) is 40.0 Å². The Balaban J connectivity index is 1.96. The van der Waals surface area contributed by atoms with E-state index in [1.807, 2.05) is 6.07 Å². The monoisotopic (exact) mass is 344 g/mol. The molecule has 2 rings (SSSR count). The summed E-state index contributed by atoms with van der Waals surface area (Å²) in [5.41, 5.74) is 0.747. The fourth-order valence-corrected chi connectivity index (χ4v) is 3.80. The number of nitrogens with one attached hydrogen (secondary N) is 1. The highest BCUT2D eigenvalue weighted by Gasteiger charge is 2.25. The van der Waals surface area contributed by atoms with Crippen molar-refractivity contribution >= 4 is 38.5 Å². The van der Waals surface area contributed by atoms with E-state index in [1.165, 1.54) is 18.9 Å². The summed E-state index contributed by atoms with van der Waals surface area (Å²) in [7, 11) is 0. The number of anilines is 1. The van der Waals surface area contributed by atoms with Crippen molar-refractivity contribution in [2.24, 2.45) is 10.9 Å². The number of halogens is 2. The zero-order valence-corrected chi connectivity index (χ0v) is 13.5. The molecule has 0 spiro atoms. The van der Waals surface area contributed by atoms with Gasteiger partial charge in [-0.25, -0.2) is 4.39 Å². The third-order valence-electron chi connectivity index (χ3n) is 3.42. The van der Waals surface area contributed by atoms with E-state index < -0.39 is 0 Å². The first-order chi connectivity index (χ1) is 9.13. The normalized spacial score (nSPS) is 18.8. The van der Waals surface area contributed by atoms with Gasteiger partial charge in [-0.3, -0.25) is 4.99 Å². The Bertz CT molecular complexity index is 475. The SMILES string of the molecule is CCC(CC)C1CN=C(Nc2ccc(Br)c(F)c2)S1. The van der Waals surface area contributed by atoms with Crippen LogP contribution in [0.5, 0.6) is 0 Å². The summed E-state index contributed by atoms with van der Waals surface area (Å²) in [6.45, 7) is 5.31. The molecule has 2 nitrogen and oxygen atoms in total. The zero-order chi connectivity index (χ0) is 13.8. The fourth-order valence-electron chi connectivity index (χ4n) is 2.22. The third-order valence-corrected chi connectivity index (χ3v) is 5.36. The van der Waals surface area contributed by atoms with Crippen molar-refractivity contribution in [3.05, 3.63) is 28.5 Å². The number of nitrogens with zero attached hydrogens (tertiary/aromatic N) is 1. The number of hydrogen-bond acceptors (Lipinski definition) is 3. The van der Waals surface area contributed by atoms with Crippen molar-refractivity contribution in [2.75, 3.05) is 11.9 Å². The second-order valence-corrected chi connectivity index (χ2v) is 6.71. The van der Waals surface area contributed by atoms with E-state index in [2.05, 4.69) is 40.1 Å². The number of rotatable bonds is 4. The van der Waals surface area contributed by atoms with Crippen LogP contribution in [0.15, 0.2) is 27.7 Å². The molecule has 19 heavy (non-hydrogen) atoms. The van der Waals surface area contributed by atoms with Gasteiger partial charge in [0.05, 0.1) is 11.0 Å². The molecule has 1 atom stereocenters. The van der Waals surface area contributed by atoms with Crippen molar-refractivity contribution in [1.29, 1.82) is 0 Å². The Labute approximate surface area is 126 Å². The molecule has 0 fully saturated rings. The van der Waals surface area contributed by atoms with Crippen LogP contribution in [0.2, 0.25) is 0 Å². The number of benzene rings is 1. The molecule has 5 heteroatoms. The van der Waals surface area contributed by atoms with Gasteiger partial charge in [0.2, 0.25) is 0 Å². The summed E-state index contributed by atoms with van der Waals surface area (Å²) in [5, 5.41) is 4.65. The van der Waals surface area contributed by atoms with E-state index in [-0.39, 0.29) is 5.82 Å². The quantitative estimate of drug-likeness (QED) is 0.839. The number of aliphatic imine (C=N–C) groups is 1. The first-order valence-corrected chi connectivity index (χ1v) is 8.24. The molecule has 0 saturated heterocycles. The van der Waals surface area contributed by atoms with Crippen LogP contribution >= 0.6 is 27.7 Å². The van der Waals surface area contributed by atoms with Crippen LogP contribution in [-0.2, 0) is 0 Å². The summed E-state index contributed by atoms with van der Waals surface area (Å²) in [4.78, 5) is 4.52. The first-order valence-electron chi connectivity index (χ1n) is 6.57. The molecule has 1 heterocycles. The van der Waals surface area contributed by atoms with Crippen LogP contribution in [0, 0.1) is 11.7 Å². The average molecular weight is 345 g/mol. The maximum absolute atomic E-state index is 13.4. The van der Waals surface area contributed by atoms with Gasteiger partial charge in [0.25, 0.3) is 0 Å². The Morgan fingerprint density at radius 3 is 2.84 bits per heavy atom. The van der Waals surface area contributed by atoms with Crippen LogP contribution in [0.1, 0.15) is 26.7 Å². The summed E-state index contributed by atoms with van der Waals surface area (Å²) >= 11 is 4.93. The predicted octanol–water partition coefficient (Wildman–Crippen LogP) is 4.91. The molecule has 0 bridgehead atoms. The molecule has 1 aliphatic heterocycles. The van der Waals surface area contributed by atoms with Gasteiger partial charge in [-0.1, -0.05) is 38.5 Å². The zero-order valence-electron chi connectivity index (χ0n) is 11.1. The average Bonchev–Trinajstić information content (AvgIpc) is 2.84. The van der Waals surface area contributed by atoms with Gasteiger partial charge in [0.1, 0.15) is 5.82 Å². The Hall–Kier alpha value is -0.550. The van der Waals surface area contributed by atoms with Crippen molar-refractivity contribution in [3.8, 4) is 0 Å². The minimum atomic E-state index is -0.259. The third kappa shape index (κ3) is 3.72. The minimum absolute atomic E-state index is 0.259. The van der Waals surface area contributed by atoms with Crippen molar-refractivity contribution in [1.82, 2.24) is 0 Å². The van der Waals surface area contributed by atoms with Crippen molar-refractivity contribution in [2.45, 2.75) is 31.9 Å². The van der Waals surface area contributed by atoms with Crippen molar-refractivity contribution < 1.29 is 4.39 Å². The van der Waals surface area contributed by atoms with E-state index in [1.54, 1.807) is 17.8 Å². The van der Waals surface area contributed by atoms with Crippen LogP contribution < -0.4 is 5.32 Å². The van der Waals surface area contributed by atoms with Gasteiger partial charge in [0.15, 0.2) is 5.17 Å². The largest absolute Gasteiger partial charge is 0.335 e. The van der Waals surface area contributed by atoms with Crippen LogP contribution in [0.25, 0.3) is 0 Å². The minimum Gasteiger partial charge on any atom is -0.335 e. The molecule has 1 aromatic rings. The van der Waals surface area contributed by atoms with Gasteiger partial charge >= 0.3 is 0 Å². The molecule has 1 unspecified atom stereocenters. The molecule has 0 amide bonds. The maximum atomic E-state index is 13.4. The van der Waals surface area contributed by atoms with Crippen LogP contribution in [0.4, 0.5) is 10.1 Å². The topological polar surface area (TPSA) is 24.4 Å². The standard InChI is InChI=1S/C14H18BrFN2S/c1-3-9(4-2)13-8-17-14(19-13)18-10-5-6-11(15)12(16)7-10/h5-7,9,13H,3-4,8H2,1-2H3,(H,17,18). The molecule has 1 N–H and O–H groups in total. The van der Waals surface area contributed by atoms with E-state index in [9.17, 15) is 4.39 Å². The Morgan fingerprint density at radius 2 is 2.21 bits per heavy atom. The molecule has 1 aromatic carbocycles. The van der Waals surface area contributed by atoms with E-state index >= 15 is 0 Å². The highest BCUT2D eigenvalue weighted by Crippen LogP contribution is 2.31. The molecule has 1 aliphatic rings. The number of hydrogen-bond donors (Lipinski definition) is 1. The number of amidine groups is 1. The molecular formula is C14H18BrFN2S. The lowest BCUT2D eigenvalue weighted by atomic mass is 9.99. The lowest BCUT2D eigenvalue weighted by Crippen LogP contribution is -2.17. The predicted molar refractivity (Wildman–Crippen MR) is 85.5 cm³/mol. The lowest BCUT2D eigenvalue weighted by Gasteiger charge is -2.18. The summed E-state index contributed by atoms with van der Waals surface area (Å²) in [6.07, 6.45) is 2.37. The van der Waals surface area contributed by atoms with E-state index in [4.69, 9.17) is 0 Å².